The Morgan fingerprint density at radius 3 is 1.96 bits per heavy atom. The Morgan fingerprint density at radius 1 is 0.963 bits per heavy atom. The molecule has 0 N–H and O–H groups in total. The minimum atomic E-state index is -0.422. The number of hydrogen-bond donors (Lipinski definition) is 0. The third-order valence-corrected chi connectivity index (χ3v) is 6.56. The Balaban J connectivity index is 2.26. The van der Waals surface area contributed by atoms with Gasteiger partial charge in [-0.1, -0.05) is 31.2 Å². The molecule has 0 heterocycles. The molecule has 0 aliphatic carbocycles. The van der Waals surface area contributed by atoms with Gasteiger partial charge >= 0.3 is 11.9 Å². The Morgan fingerprint density at radius 2 is 1.48 bits per heavy atom. The van der Waals surface area contributed by atoms with Crippen LogP contribution >= 0.6 is 23.5 Å². The fraction of sp³-hybridized carbons (Fsp3) is 0.619. The molecule has 1 rings (SSSR count). The van der Waals surface area contributed by atoms with E-state index in [9.17, 15) is 9.59 Å². The van der Waals surface area contributed by atoms with E-state index in [4.69, 9.17) is 9.47 Å². The molecule has 0 aliphatic heterocycles. The van der Waals surface area contributed by atoms with E-state index in [0.717, 1.165) is 35.9 Å². The van der Waals surface area contributed by atoms with Gasteiger partial charge in [0.2, 0.25) is 0 Å². The molecule has 0 spiro atoms. The number of benzene rings is 1. The molecule has 4 nitrogen and oxygen atoms in total. The lowest BCUT2D eigenvalue weighted by molar-refractivity contribution is -0.150. The fourth-order valence-electron chi connectivity index (χ4n) is 2.40. The maximum absolute atomic E-state index is 11.7. The molecule has 1 unspecified atom stereocenters. The first-order valence-corrected chi connectivity index (χ1v) is 11.5. The SMILES string of the molecule is COC(=O)C(C)CCSCc1ccc(CSCCC(C)(C)C(=O)OC)cc1. The summed E-state index contributed by atoms with van der Waals surface area (Å²) < 4.78 is 9.58. The zero-order valence-electron chi connectivity index (χ0n) is 17.1. The van der Waals surface area contributed by atoms with Crippen molar-refractivity contribution < 1.29 is 19.1 Å². The lowest BCUT2D eigenvalue weighted by atomic mass is 9.91. The van der Waals surface area contributed by atoms with Crippen molar-refractivity contribution in [1.82, 2.24) is 0 Å². The molecular weight excluding hydrogens is 380 g/mol. The van der Waals surface area contributed by atoms with E-state index in [1.807, 2.05) is 44.3 Å². The van der Waals surface area contributed by atoms with Crippen LogP contribution in [-0.4, -0.2) is 37.7 Å². The van der Waals surface area contributed by atoms with E-state index < -0.39 is 5.41 Å². The van der Waals surface area contributed by atoms with Crippen molar-refractivity contribution in [2.75, 3.05) is 25.7 Å². The van der Waals surface area contributed by atoms with Crippen LogP contribution in [0.2, 0.25) is 0 Å². The summed E-state index contributed by atoms with van der Waals surface area (Å²) in [6.07, 6.45) is 1.65. The molecule has 0 aliphatic rings. The molecule has 0 saturated heterocycles. The molecule has 1 aromatic rings. The van der Waals surface area contributed by atoms with Crippen LogP contribution in [0.5, 0.6) is 0 Å². The summed E-state index contributed by atoms with van der Waals surface area (Å²) in [6, 6.07) is 8.69. The molecule has 0 radical (unpaired) electrons. The summed E-state index contributed by atoms with van der Waals surface area (Å²) in [5.41, 5.74) is 2.17. The highest BCUT2D eigenvalue weighted by Crippen LogP contribution is 2.26. The van der Waals surface area contributed by atoms with Gasteiger partial charge in [0.05, 0.1) is 25.6 Å². The van der Waals surface area contributed by atoms with Gasteiger partial charge in [-0.2, -0.15) is 23.5 Å². The lowest BCUT2D eigenvalue weighted by Crippen LogP contribution is -2.26. The van der Waals surface area contributed by atoms with Gasteiger partial charge in [-0.3, -0.25) is 9.59 Å². The van der Waals surface area contributed by atoms with Crippen LogP contribution < -0.4 is 0 Å². The molecule has 0 saturated carbocycles. The van der Waals surface area contributed by atoms with E-state index in [1.165, 1.54) is 25.3 Å². The van der Waals surface area contributed by atoms with Crippen molar-refractivity contribution in [3.05, 3.63) is 35.4 Å². The van der Waals surface area contributed by atoms with Crippen LogP contribution in [0.3, 0.4) is 0 Å². The van der Waals surface area contributed by atoms with Gasteiger partial charge in [0, 0.05) is 11.5 Å². The summed E-state index contributed by atoms with van der Waals surface area (Å²) in [5.74, 6) is 3.46. The number of carbonyl (C=O) groups is 2. The molecule has 1 atom stereocenters. The molecule has 152 valence electrons. The average molecular weight is 413 g/mol. The average Bonchev–Trinajstić information content (AvgIpc) is 2.67. The van der Waals surface area contributed by atoms with Crippen molar-refractivity contribution in [3.8, 4) is 0 Å². The largest absolute Gasteiger partial charge is 0.469 e. The first kappa shape index (κ1) is 23.9. The Hall–Kier alpha value is -1.14. The number of hydrogen-bond acceptors (Lipinski definition) is 6. The van der Waals surface area contributed by atoms with Crippen LogP contribution in [-0.2, 0) is 30.6 Å². The van der Waals surface area contributed by atoms with Gasteiger partial charge in [0.25, 0.3) is 0 Å². The second-order valence-electron chi connectivity index (χ2n) is 7.26. The number of ether oxygens (including phenoxy) is 2. The minimum absolute atomic E-state index is 0.0361. The molecule has 1 aromatic carbocycles. The van der Waals surface area contributed by atoms with Gasteiger partial charge in [0.15, 0.2) is 0 Å². The number of thioether (sulfide) groups is 2. The lowest BCUT2D eigenvalue weighted by Gasteiger charge is -2.20. The summed E-state index contributed by atoms with van der Waals surface area (Å²) in [5, 5.41) is 0. The Bertz CT molecular complexity index is 584. The van der Waals surface area contributed by atoms with Crippen LogP contribution in [0.15, 0.2) is 24.3 Å². The third kappa shape index (κ3) is 9.06. The maximum atomic E-state index is 11.7. The van der Waals surface area contributed by atoms with E-state index in [-0.39, 0.29) is 17.9 Å². The molecule has 6 heteroatoms. The van der Waals surface area contributed by atoms with Gasteiger partial charge in [-0.25, -0.2) is 0 Å². The standard InChI is InChI=1S/C21H32O4S2/c1-16(19(22)24-4)10-12-26-14-17-6-8-18(9-7-17)15-27-13-11-21(2,3)20(23)25-5/h6-9,16H,10-15H2,1-5H3. The molecule has 0 amide bonds. The van der Waals surface area contributed by atoms with Crippen molar-refractivity contribution in [2.45, 2.75) is 45.1 Å². The number of carbonyl (C=O) groups excluding carboxylic acids is 2. The fourth-order valence-corrected chi connectivity index (χ4v) is 4.72. The summed E-state index contributed by atoms with van der Waals surface area (Å²) in [4.78, 5) is 23.0. The number of esters is 2. The summed E-state index contributed by atoms with van der Waals surface area (Å²) in [6.45, 7) is 5.76. The Labute approximate surface area is 172 Å². The van der Waals surface area contributed by atoms with Gasteiger partial charge in [0.1, 0.15) is 0 Å². The highest BCUT2D eigenvalue weighted by Gasteiger charge is 2.27. The van der Waals surface area contributed by atoms with Crippen molar-refractivity contribution in [1.29, 1.82) is 0 Å². The number of methoxy groups -OCH3 is 2. The monoisotopic (exact) mass is 412 g/mol. The van der Waals surface area contributed by atoms with Crippen LogP contribution in [0.25, 0.3) is 0 Å². The summed E-state index contributed by atoms with van der Waals surface area (Å²) >= 11 is 3.68. The quantitative estimate of drug-likeness (QED) is 0.358. The third-order valence-electron chi connectivity index (χ3n) is 4.47. The second-order valence-corrected chi connectivity index (χ2v) is 9.47. The predicted molar refractivity (Wildman–Crippen MR) is 115 cm³/mol. The van der Waals surface area contributed by atoms with Gasteiger partial charge in [-0.15, -0.1) is 0 Å². The van der Waals surface area contributed by atoms with Crippen LogP contribution in [0.1, 0.15) is 44.7 Å². The van der Waals surface area contributed by atoms with Crippen molar-refractivity contribution in [2.24, 2.45) is 11.3 Å². The highest BCUT2D eigenvalue weighted by molar-refractivity contribution is 7.98. The van der Waals surface area contributed by atoms with Crippen LogP contribution in [0.4, 0.5) is 0 Å². The highest BCUT2D eigenvalue weighted by atomic mass is 32.2. The van der Waals surface area contributed by atoms with Gasteiger partial charge < -0.3 is 9.47 Å². The Kier molecular flexibility index (Phi) is 10.9. The maximum Gasteiger partial charge on any atom is 0.311 e. The zero-order valence-corrected chi connectivity index (χ0v) is 18.7. The van der Waals surface area contributed by atoms with E-state index in [2.05, 4.69) is 24.3 Å². The molecule has 0 bridgehead atoms. The first-order chi connectivity index (χ1) is 12.8. The molecule has 0 fully saturated rings. The molecule has 0 aromatic heterocycles. The molecular formula is C21H32O4S2. The minimum Gasteiger partial charge on any atom is -0.469 e. The first-order valence-electron chi connectivity index (χ1n) is 9.19. The predicted octanol–water partition coefficient (Wildman–Crippen LogP) is 4.94. The summed E-state index contributed by atoms with van der Waals surface area (Å²) in [7, 11) is 2.88. The van der Waals surface area contributed by atoms with E-state index in [1.54, 1.807) is 0 Å². The van der Waals surface area contributed by atoms with E-state index in [0.29, 0.717) is 0 Å². The zero-order chi connectivity index (χ0) is 20.3. The van der Waals surface area contributed by atoms with Gasteiger partial charge in [-0.05, 0) is 49.3 Å². The van der Waals surface area contributed by atoms with Crippen molar-refractivity contribution >= 4 is 35.5 Å². The topological polar surface area (TPSA) is 52.6 Å². The number of rotatable bonds is 12. The van der Waals surface area contributed by atoms with Crippen LogP contribution in [0, 0.1) is 11.3 Å². The van der Waals surface area contributed by atoms with Crippen molar-refractivity contribution in [3.63, 3.8) is 0 Å². The second kappa shape index (κ2) is 12.3. The molecule has 27 heavy (non-hydrogen) atoms. The normalized spacial score (nSPS) is 12.5. The van der Waals surface area contributed by atoms with E-state index >= 15 is 0 Å². The smallest absolute Gasteiger partial charge is 0.311 e.